The molecule has 1 aliphatic rings. The van der Waals surface area contributed by atoms with Crippen molar-refractivity contribution in [1.82, 2.24) is 0 Å². The van der Waals surface area contributed by atoms with Gasteiger partial charge in [-0.2, -0.15) is 0 Å². The fraction of sp³-hybridized carbons (Fsp3) is 0.154. The number of hydrogen-bond donors (Lipinski definition) is 1. The molecule has 3 aromatic carbocycles. The SMILES string of the molecule is Cc1cccc(NC2=C(c3ccc(Cl)cc3)C(=O)N(c3ccc(C(C)C)cc3)C2=O)c1. The summed E-state index contributed by atoms with van der Waals surface area (Å²) in [4.78, 5) is 28.1. The van der Waals surface area contributed by atoms with Crippen molar-refractivity contribution in [2.45, 2.75) is 26.7 Å². The van der Waals surface area contributed by atoms with Crippen LogP contribution in [0.5, 0.6) is 0 Å². The molecule has 0 bridgehead atoms. The molecule has 0 unspecified atom stereocenters. The van der Waals surface area contributed by atoms with Crippen molar-refractivity contribution < 1.29 is 9.59 Å². The van der Waals surface area contributed by atoms with Gasteiger partial charge in [0.15, 0.2) is 0 Å². The highest BCUT2D eigenvalue weighted by Crippen LogP contribution is 2.34. The van der Waals surface area contributed by atoms with E-state index in [2.05, 4.69) is 19.2 Å². The van der Waals surface area contributed by atoms with E-state index >= 15 is 0 Å². The molecule has 1 aliphatic heterocycles. The maximum absolute atomic E-state index is 13.5. The topological polar surface area (TPSA) is 49.4 Å². The van der Waals surface area contributed by atoms with Crippen LogP contribution in [-0.4, -0.2) is 11.8 Å². The van der Waals surface area contributed by atoms with Crippen LogP contribution in [0, 0.1) is 6.92 Å². The zero-order chi connectivity index (χ0) is 22.1. The van der Waals surface area contributed by atoms with Gasteiger partial charge >= 0.3 is 0 Å². The van der Waals surface area contributed by atoms with Crippen molar-refractivity contribution in [3.63, 3.8) is 0 Å². The lowest BCUT2D eigenvalue weighted by Gasteiger charge is -2.16. The van der Waals surface area contributed by atoms with Gasteiger partial charge in [-0.3, -0.25) is 9.59 Å². The zero-order valence-corrected chi connectivity index (χ0v) is 18.4. The van der Waals surface area contributed by atoms with E-state index in [0.29, 0.717) is 27.8 Å². The molecular weight excluding hydrogens is 408 g/mol. The van der Waals surface area contributed by atoms with E-state index in [1.807, 2.05) is 55.5 Å². The predicted molar refractivity (Wildman–Crippen MR) is 126 cm³/mol. The van der Waals surface area contributed by atoms with Crippen LogP contribution in [0.15, 0.2) is 78.5 Å². The van der Waals surface area contributed by atoms with Crippen LogP contribution in [0.4, 0.5) is 11.4 Å². The molecule has 5 heteroatoms. The Morgan fingerprint density at radius 2 is 1.55 bits per heavy atom. The van der Waals surface area contributed by atoms with Gasteiger partial charge in [0, 0.05) is 10.7 Å². The summed E-state index contributed by atoms with van der Waals surface area (Å²) >= 11 is 6.04. The number of carbonyl (C=O) groups is 2. The Hall–Kier alpha value is -3.37. The van der Waals surface area contributed by atoms with Gasteiger partial charge in [-0.15, -0.1) is 0 Å². The summed E-state index contributed by atoms with van der Waals surface area (Å²) in [5.41, 5.74) is 4.72. The lowest BCUT2D eigenvalue weighted by atomic mass is 10.0. The summed E-state index contributed by atoms with van der Waals surface area (Å²) in [5, 5.41) is 3.75. The van der Waals surface area contributed by atoms with Crippen molar-refractivity contribution >= 4 is 40.4 Å². The normalized spacial score (nSPS) is 14.0. The molecule has 0 saturated heterocycles. The van der Waals surface area contributed by atoms with E-state index < -0.39 is 0 Å². The van der Waals surface area contributed by atoms with Crippen LogP contribution < -0.4 is 10.2 Å². The molecule has 31 heavy (non-hydrogen) atoms. The van der Waals surface area contributed by atoms with E-state index in [9.17, 15) is 9.59 Å². The van der Waals surface area contributed by atoms with Crippen molar-refractivity contribution in [2.75, 3.05) is 10.2 Å². The van der Waals surface area contributed by atoms with E-state index in [1.54, 1.807) is 24.3 Å². The summed E-state index contributed by atoms with van der Waals surface area (Å²) in [6.07, 6.45) is 0. The number of aryl methyl sites for hydroxylation is 1. The van der Waals surface area contributed by atoms with Gasteiger partial charge in [0.2, 0.25) is 0 Å². The number of carbonyl (C=O) groups excluding carboxylic acids is 2. The Balaban J connectivity index is 1.78. The molecule has 2 amide bonds. The standard InChI is InChI=1S/C26H23ClN2O2/c1-16(2)18-9-13-22(14-10-18)29-25(30)23(19-7-11-20(27)12-8-19)24(26(29)31)28-21-6-4-5-17(3)15-21/h4-16,28H,1-3H3. The number of rotatable bonds is 5. The molecule has 0 spiro atoms. The van der Waals surface area contributed by atoms with E-state index in [0.717, 1.165) is 16.8 Å². The highest BCUT2D eigenvalue weighted by molar-refractivity contribution is 6.46. The number of anilines is 2. The minimum Gasteiger partial charge on any atom is -0.350 e. The monoisotopic (exact) mass is 430 g/mol. The fourth-order valence-corrected chi connectivity index (χ4v) is 3.77. The molecule has 1 heterocycles. The Morgan fingerprint density at radius 1 is 0.871 bits per heavy atom. The van der Waals surface area contributed by atoms with Crippen molar-refractivity contribution in [2.24, 2.45) is 0 Å². The van der Waals surface area contributed by atoms with Gasteiger partial charge in [0.05, 0.1) is 11.3 Å². The zero-order valence-electron chi connectivity index (χ0n) is 17.6. The summed E-state index contributed by atoms with van der Waals surface area (Å²) in [7, 11) is 0. The first-order valence-corrected chi connectivity index (χ1v) is 10.6. The maximum Gasteiger partial charge on any atom is 0.282 e. The summed E-state index contributed by atoms with van der Waals surface area (Å²) in [6, 6.07) is 22.2. The molecule has 0 saturated carbocycles. The molecule has 1 N–H and O–H groups in total. The van der Waals surface area contributed by atoms with E-state index in [1.165, 1.54) is 4.90 Å². The van der Waals surface area contributed by atoms with Gasteiger partial charge in [0.25, 0.3) is 11.8 Å². The second kappa shape index (κ2) is 8.40. The van der Waals surface area contributed by atoms with Crippen molar-refractivity contribution in [3.8, 4) is 0 Å². The second-order valence-electron chi connectivity index (χ2n) is 7.94. The smallest absolute Gasteiger partial charge is 0.282 e. The number of nitrogens with zero attached hydrogens (tertiary/aromatic N) is 1. The van der Waals surface area contributed by atoms with Gasteiger partial charge in [-0.05, 0) is 65.9 Å². The average Bonchev–Trinajstić information content (AvgIpc) is 2.98. The highest BCUT2D eigenvalue weighted by Gasteiger charge is 2.40. The molecule has 0 radical (unpaired) electrons. The summed E-state index contributed by atoms with van der Waals surface area (Å²) in [6.45, 7) is 6.18. The molecule has 0 fully saturated rings. The first-order chi connectivity index (χ1) is 14.8. The molecule has 4 nitrogen and oxygen atoms in total. The van der Waals surface area contributed by atoms with E-state index in [4.69, 9.17) is 11.6 Å². The summed E-state index contributed by atoms with van der Waals surface area (Å²) < 4.78 is 0. The van der Waals surface area contributed by atoms with Crippen LogP contribution in [0.3, 0.4) is 0 Å². The number of imide groups is 1. The van der Waals surface area contributed by atoms with Crippen LogP contribution >= 0.6 is 11.6 Å². The van der Waals surface area contributed by atoms with Crippen molar-refractivity contribution in [1.29, 1.82) is 0 Å². The first kappa shape index (κ1) is 20.9. The Bertz CT molecular complexity index is 1180. The van der Waals surface area contributed by atoms with Crippen LogP contribution in [0.2, 0.25) is 5.02 Å². The Morgan fingerprint density at radius 3 is 2.16 bits per heavy atom. The average molecular weight is 431 g/mol. The summed E-state index contributed by atoms with van der Waals surface area (Å²) in [5.74, 6) is -0.381. The first-order valence-electron chi connectivity index (χ1n) is 10.2. The van der Waals surface area contributed by atoms with Crippen LogP contribution in [0.25, 0.3) is 5.57 Å². The van der Waals surface area contributed by atoms with E-state index in [-0.39, 0.29) is 17.5 Å². The third-order valence-electron chi connectivity index (χ3n) is 5.32. The molecule has 3 aromatic rings. The number of halogens is 1. The minimum atomic E-state index is -0.381. The molecule has 156 valence electrons. The lowest BCUT2D eigenvalue weighted by molar-refractivity contribution is -0.120. The highest BCUT2D eigenvalue weighted by atomic mass is 35.5. The molecule has 4 rings (SSSR count). The van der Waals surface area contributed by atoms with Gasteiger partial charge < -0.3 is 5.32 Å². The molecule has 0 atom stereocenters. The second-order valence-corrected chi connectivity index (χ2v) is 8.38. The third kappa shape index (κ3) is 4.12. The van der Waals surface area contributed by atoms with Crippen molar-refractivity contribution in [3.05, 3.63) is 100 Å². The van der Waals surface area contributed by atoms with Gasteiger partial charge in [-0.1, -0.05) is 61.8 Å². The van der Waals surface area contributed by atoms with Gasteiger partial charge in [-0.25, -0.2) is 4.90 Å². The minimum absolute atomic E-state index is 0.255. The maximum atomic E-state index is 13.5. The van der Waals surface area contributed by atoms with Crippen LogP contribution in [0.1, 0.15) is 36.5 Å². The number of benzene rings is 3. The fourth-order valence-electron chi connectivity index (χ4n) is 3.64. The number of nitrogens with one attached hydrogen (secondary N) is 1. The third-order valence-corrected chi connectivity index (χ3v) is 5.57. The molecule has 0 aliphatic carbocycles. The quantitative estimate of drug-likeness (QED) is 0.492. The Labute approximate surface area is 187 Å². The van der Waals surface area contributed by atoms with Crippen LogP contribution in [-0.2, 0) is 9.59 Å². The lowest BCUT2D eigenvalue weighted by Crippen LogP contribution is -2.32. The predicted octanol–water partition coefficient (Wildman–Crippen LogP) is 6.17. The Kier molecular flexibility index (Phi) is 5.66. The van der Waals surface area contributed by atoms with Gasteiger partial charge in [0.1, 0.15) is 5.70 Å². The largest absolute Gasteiger partial charge is 0.350 e. The number of amides is 2. The molecule has 0 aromatic heterocycles. The number of hydrogen-bond acceptors (Lipinski definition) is 3. The molecular formula is C26H23ClN2O2.